The summed E-state index contributed by atoms with van der Waals surface area (Å²) < 4.78 is 32.9. The molecule has 1 N–H and O–H groups in total. The standard InChI is InChI=1S/C19H18F2N4O/c20-19(21)6-8-25(11-19)17-9-12(5-7-22-17)18-15-10-14(26-13-1-2-13)3-4-16(15)23-24-18/h3-5,7,9-10,13H,1-2,6,8,11H2,(H,23,24). The molecule has 0 bridgehead atoms. The van der Waals surface area contributed by atoms with Crippen LogP contribution >= 0.6 is 0 Å². The lowest BCUT2D eigenvalue weighted by atomic mass is 10.1. The van der Waals surface area contributed by atoms with E-state index in [0.717, 1.165) is 40.8 Å². The van der Waals surface area contributed by atoms with Gasteiger partial charge in [-0.15, -0.1) is 0 Å². The van der Waals surface area contributed by atoms with Crippen molar-refractivity contribution < 1.29 is 13.5 Å². The fourth-order valence-corrected chi connectivity index (χ4v) is 3.33. The second-order valence-electron chi connectivity index (χ2n) is 7.03. The van der Waals surface area contributed by atoms with Gasteiger partial charge in [-0.3, -0.25) is 5.10 Å². The SMILES string of the molecule is FC1(F)CCN(c2cc(-c3n[nH]c4ccc(OC5CC5)cc34)ccn2)C1. The number of hydrogen-bond acceptors (Lipinski definition) is 4. The third-order valence-electron chi connectivity index (χ3n) is 4.87. The fraction of sp³-hybridized carbons (Fsp3) is 0.368. The van der Waals surface area contributed by atoms with Crippen molar-refractivity contribution in [1.29, 1.82) is 0 Å². The number of fused-ring (bicyclic) bond motifs is 1. The number of aromatic nitrogens is 3. The first-order valence-electron chi connectivity index (χ1n) is 8.81. The van der Waals surface area contributed by atoms with Crippen LogP contribution in [0.2, 0.25) is 0 Å². The van der Waals surface area contributed by atoms with Crippen molar-refractivity contribution in [2.75, 3.05) is 18.0 Å². The number of pyridine rings is 1. The van der Waals surface area contributed by atoms with Crippen LogP contribution in [0.4, 0.5) is 14.6 Å². The van der Waals surface area contributed by atoms with E-state index in [1.807, 2.05) is 30.3 Å². The van der Waals surface area contributed by atoms with Crippen molar-refractivity contribution in [2.45, 2.75) is 31.3 Å². The average molecular weight is 356 g/mol. The molecule has 134 valence electrons. The molecule has 0 unspecified atom stereocenters. The molecule has 5 rings (SSSR count). The Labute approximate surface area is 149 Å². The zero-order valence-electron chi connectivity index (χ0n) is 14.1. The number of hydrogen-bond donors (Lipinski definition) is 1. The lowest BCUT2D eigenvalue weighted by Crippen LogP contribution is -2.25. The first-order chi connectivity index (χ1) is 12.6. The van der Waals surface area contributed by atoms with Gasteiger partial charge in [0.2, 0.25) is 0 Å². The molecule has 0 amide bonds. The summed E-state index contributed by atoms with van der Waals surface area (Å²) in [5.74, 6) is -1.26. The van der Waals surface area contributed by atoms with Crippen LogP contribution in [-0.2, 0) is 0 Å². The van der Waals surface area contributed by atoms with Crippen LogP contribution in [0, 0.1) is 0 Å². The lowest BCUT2D eigenvalue weighted by Gasteiger charge is -2.17. The Balaban J connectivity index is 1.50. The predicted molar refractivity (Wildman–Crippen MR) is 94.8 cm³/mol. The molecule has 1 aromatic carbocycles. The largest absolute Gasteiger partial charge is 0.490 e. The number of rotatable bonds is 4. The molecule has 1 saturated heterocycles. The average Bonchev–Trinajstić information content (AvgIpc) is 3.22. The fourth-order valence-electron chi connectivity index (χ4n) is 3.33. The molecular weight excluding hydrogens is 338 g/mol. The van der Waals surface area contributed by atoms with Gasteiger partial charge in [-0.05, 0) is 43.2 Å². The maximum absolute atomic E-state index is 13.5. The molecule has 3 heterocycles. The van der Waals surface area contributed by atoms with Crippen molar-refractivity contribution in [1.82, 2.24) is 15.2 Å². The summed E-state index contributed by atoms with van der Waals surface area (Å²) in [6.45, 7) is 0.0221. The molecule has 7 heteroatoms. The summed E-state index contributed by atoms with van der Waals surface area (Å²) in [5.41, 5.74) is 2.53. The summed E-state index contributed by atoms with van der Waals surface area (Å²) in [4.78, 5) is 5.90. The maximum Gasteiger partial charge on any atom is 0.266 e. The minimum atomic E-state index is -2.65. The van der Waals surface area contributed by atoms with Crippen LogP contribution in [-0.4, -0.2) is 40.3 Å². The number of nitrogens with zero attached hydrogens (tertiary/aromatic N) is 3. The van der Waals surface area contributed by atoms with Crippen LogP contribution in [0.1, 0.15) is 19.3 Å². The summed E-state index contributed by atoms with van der Waals surface area (Å²) in [6, 6.07) is 9.54. The molecule has 5 nitrogen and oxygen atoms in total. The predicted octanol–water partition coefficient (Wildman–Crippen LogP) is 4.01. The van der Waals surface area contributed by atoms with E-state index in [2.05, 4.69) is 15.2 Å². The highest BCUT2D eigenvalue weighted by Crippen LogP contribution is 2.35. The third-order valence-corrected chi connectivity index (χ3v) is 4.87. The van der Waals surface area contributed by atoms with Gasteiger partial charge < -0.3 is 9.64 Å². The molecule has 0 atom stereocenters. The van der Waals surface area contributed by atoms with E-state index >= 15 is 0 Å². The van der Waals surface area contributed by atoms with Gasteiger partial charge in [0.1, 0.15) is 17.3 Å². The molecule has 3 aromatic rings. The molecule has 2 aromatic heterocycles. The van der Waals surface area contributed by atoms with Gasteiger partial charge in [0.25, 0.3) is 5.92 Å². The summed E-state index contributed by atoms with van der Waals surface area (Å²) in [6.07, 6.45) is 4.04. The molecule has 1 aliphatic carbocycles. The molecule has 2 aliphatic rings. The highest BCUT2D eigenvalue weighted by Gasteiger charge is 2.38. The number of anilines is 1. The zero-order chi connectivity index (χ0) is 17.7. The molecule has 2 fully saturated rings. The monoisotopic (exact) mass is 356 g/mol. The van der Waals surface area contributed by atoms with E-state index in [-0.39, 0.29) is 13.0 Å². The van der Waals surface area contributed by atoms with E-state index in [9.17, 15) is 8.78 Å². The Morgan fingerprint density at radius 3 is 2.85 bits per heavy atom. The van der Waals surface area contributed by atoms with Gasteiger partial charge in [0.15, 0.2) is 0 Å². The van der Waals surface area contributed by atoms with Gasteiger partial charge in [-0.1, -0.05) is 0 Å². The van der Waals surface area contributed by atoms with Crippen molar-refractivity contribution in [3.05, 3.63) is 36.5 Å². The number of ether oxygens (including phenoxy) is 1. The molecule has 1 aliphatic heterocycles. The van der Waals surface area contributed by atoms with Crippen LogP contribution in [0.25, 0.3) is 22.2 Å². The van der Waals surface area contributed by atoms with Crippen molar-refractivity contribution >= 4 is 16.7 Å². The van der Waals surface area contributed by atoms with Crippen molar-refractivity contribution in [2.24, 2.45) is 0 Å². The Bertz CT molecular complexity index is 967. The molecule has 1 saturated carbocycles. The summed E-state index contributed by atoms with van der Waals surface area (Å²) in [7, 11) is 0. The minimum absolute atomic E-state index is 0.133. The third kappa shape index (κ3) is 2.87. The van der Waals surface area contributed by atoms with Gasteiger partial charge in [0.05, 0.1) is 18.2 Å². The Morgan fingerprint density at radius 1 is 1.19 bits per heavy atom. The van der Waals surface area contributed by atoms with E-state index < -0.39 is 5.92 Å². The second kappa shape index (κ2) is 5.65. The van der Waals surface area contributed by atoms with Gasteiger partial charge in [-0.2, -0.15) is 5.10 Å². The van der Waals surface area contributed by atoms with Gasteiger partial charge in [0, 0.05) is 30.1 Å². The Kier molecular flexibility index (Phi) is 3.38. The highest BCUT2D eigenvalue weighted by atomic mass is 19.3. The number of halogens is 2. The Morgan fingerprint density at radius 2 is 2.08 bits per heavy atom. The van der Waals surface area contributed by atoms with Crippen LogP contribution < -0.4 is 9.64 Å². The van der Waals surface area contributed by atoms with Crippen molar-refractivity contribution in [3.63, 3.8) is 0 Å². The number of H-pyrrole nitrogens is 1. The summed E-state index contributed by atoms with van der Waals surface area (Å²) >= 11 is 0. The maximum atomic E-state index is 13.5. The molecule has 0 spiro atoms. The van der Waals surface area contributed by atoms with E-state index in [1.54, 1.807) is 11.1 Å². The van der Waals surface area contributed by atoms with Crippen LogP contribution in [0.3, 0.4) is 0 Å². The molecule has 0 radical (unpaired) electrons. The molecular formula is C19H18F2N4O. The first kappa shape index (κ1) is 15.5. The number of benzene rings is 1. The first-order valence-corrected chi connectivity index (χ1v) is 8.81. The highest BCUT2D eigenvalue weighted by molar-refractivity contribution is 5.94. The molecule has 26 heavy (non-hydrogen) atoms. The topological polar surface area (TPSA) is 54.0 Å². The Hall–Kier alpha value is -2.70. The summed E-state index contributed by atoms with van der Waals surface area (Å²) in [5, 5.41) is 8.40. The quantitative estimate of drug-likeness (QED) is 0.767. The van der Waals surface area contributed by atoms with Crippen LogP contribution in [0.15, 0.2) is 36.5 Å². The minimum Gasteiger partial charge on any atom is -0.490 e. The van der Waals surface area contributed by atoms with Gasteiger partial charge in [-0.25, -0.2) is 13.8 Å². The van der Waals surface area contributed by atoms with Crippen molar-refractivity contribution in [3.8, 4) is 17.0 Å². The smallest absolute Gasteiger partial charge is 0.266 e. The van der Waals surface area contributed by atoms with E-state index in [0.29, 0.717) is 18.5 Å². The second-order valence-corrected chi connectivity index (χ2v) is 7.03. The number of nitrogens with one attached hydrogen (secondary N) is 1. The number of alkyl halides is 2. The lowest BCUT2D eigenvalue weighted by molar-refractivity contribution is 0.0256. The zero-order valence-corrected chi connectivity index (χ0v) is 14.1. The van der Waals surface area contributed by atoms with E-state index in [4.69, 9.17) is 4.74 Å². The van der Waals surface area contributed by atoms with Gasteiger partial charge >= 0.3 is 0 Å². The van der Waals surface area contributed by atoms with E-state index in [1.165, 1.54) is 0 Å². The number of aromatic amines is 1. The normalized spacial score (nSPS) is 19.2. The van der Waals surface area contributed by atoms with Crippen LogP contribution in [0.5, 0.6) is 5.75 Å².